The normalized spacial score (nSPS) is 15.9. The molecule has 0 fully saturated rings. The molecule has 1 heterocycles. The van der Waals surface area contributed by atoms with E-state index in [0.29, 0.717) is 12.1 Å². The molecule has 3 nitrogen and oxygen atoms in total. The van der Waals surface area contributed by atoms with Crippen molar-refractivity contribution in [1.82, 2.24) is 4.90 Å². The van der Waals surface area contributed by atoms with Crippen molar-refractivity contribution in [2.45, 2.75) is 13.3 Å². The fourth-order valence-electron chi connectivity index (χ4n) is 1.86. The Hall–Kier alpha value is -2.16. The van der Waals surface area contributed by atoms with Gasteiger partial charge in [0.1, 0.15) is 0 Å². The fourth-order valence-corrected chi connectivity index (χ4v) is 1.86. The molecule has 0 atom stereocenters. The van der Waals surface area contributed by atoms with Crippen LogP contribution in [0.1, 0.15) is 18.9 Å². The van der Waals surface area contributed by atoms with Gasteiger partial charge in [0.2, 0.25) is 0 Å². The summed E-state index contributed by atoms with van der Waals surface area (Å²) in [5, 5.41) is 0. The number of hydrogen-bond acceptors (Lipinski definition) is 2. The topological polar surface area (TPSA) is 37.4 Å². The Morgan fingerprint density at radius 3 is 2.67 bits per heavy atom. The molecule has 0 saturated carbocycles. The van der Waals surface area contributed by atoms with Crippen LogP contribution in [0.25, 0.3) is 6.08 Å². The van der Waals surface area contributed by atoms with Crippen LogP contribution in [0.15, 0.2) is 48.1 Å². The first-order valence-corrected chi connectivity index (χ1v) is 5.94. The Kier molecular flexibility index (Phi) is 3.72. The zero-order valence-corrected chi connectivity index (χ0v) is 10.3. The molecule has 0 saturated heterocycles. The largest absolute Gasteiger partial charge is 0.275 e. The number of benzene rings is 1. The molecule has 2 rings (SSSR count). The van der Waals surface area contributed by atoms with Crippen LogP contribution in [-0.4, -0.2) is 23.3 Å². The second kappa shape index (κ2) is 5.45. The van der Waals surface area contributed by atoms with Gasteiger partial charge in [-0.2, -0.15) is 0 Å². The average molecular weight is 241 g/mol. The van der Waals surface area contributed by atoms with Crippen molar-refractivity contribution in [1.29, 1.82) is 0 Å². The second-order valence-corrected chi connectivity index (χ2v) is 4.22. The Labute approximate surface area is 106 Å². The summed E-state index contributed by atoms with van der Waals surface area (Å²) in [6, 6.07) is 9.60. The summed E-state index contributed by atoms with van der Waals surface area (Å²) in [7, 11) is 0. The number of carbonyl (C=O) groups is 2. The van der Waals surface area contributed by atoms with Crippen LogP contribution in [0, 0.1) is 0 Å². The minimum absolute atomic E-state index is 0.215. The smallest absolute Gasteiger partial charge is 0.256 e. The molecular weight excluding hydrogens is 226 g/mol. The number of hydrogen-bond donors (Lipinski definition) is 0. The number of nitrogens with zero attached hydrogens (tertiary/aromatic N) is 1. The molecule has 0 N–H and O–H groups in total. The van der Waals surface area contributed by atoms with Gasteiger partial charge in [-0.15, -0.1) is 0 Å². The standard InChI is InChI=1S/C15H15NO2/c1-12(11-13-7-3-2-4-8-13)15(18)16-10-6-5-9-14(16)17/h2-5,7-9,11H,6,10H2,1H3/b12-11+. The molecule has 0 unspecified atom stereocenters. The van der Waals surface area contributed by atoms with Gasteiger partial charge in [-0.1, -0.05) is 36.4 Å². The van der Waals surface area contributed by atoms with E-state index in [1.807, 2.05) is 30.3 Å². The van der Waals surface area contributed by atoms with Crippen LogP contribution in [0.5, 0.6) is 0 Å². The Bertz CT molecular complexity index is 515. The Balaban J connectivity index is 2.16. The van der Waals surface area contributed by atoms with Crippen molar-refractivity contribution < 1.29 is 9.59 Å². The van der Waals surface area contributed by atoms with Crippen molar-refractivity contribution in [3.8, 4) is 0 Å². The van der Waals surface area contributed by atoms with E-state index in [-0.39, 0.29) is 11.8 Å². The second-order valence-electron chi connectivity index (χ2n) is 4.22. The lowest BCUT2D eigenvalue weighted by Crippen LogP contribution is -2.38. The molecule has 1 aromatic rings. The van der Waals surface area contributed by atoms with E-state index in [0.717, 1.165) is 12.0 Å². The highest BCUT2D eigenvalue weighted by molar-refractivity contribution is 6.09. The molecule has 2 amide bonds. The summed E-state index contributed by atoms with van der Waals surface area (Å²) in [5.41, 5.74) is 1.54. The summed E-state index contributed by atoms with van der Waals surface area (Å²) in [4.78, 5) is 25.0. The van der Waals surface area contributed by atoms with Crippen molar-refractivity contribution >= 4 is 17.9 Å². The van der Waals surface area contributed by atoms with Crippen LogP contribution in [0.2, 0.25) is 0 Å². The van der Waals surface area contributed by atoms with E-state index in [1.54, 1.807) is 19.1 Å². The third kappa shape index (κ3) is 2.74. The first-order chi connectivity index (χ1) is 8.68. The molecule has 0 bridgehead atoms. The van der Waals surface area contributed by atoms with Gasteiger partial charge >= 0.3 is 0 Å². The van der Waals surface area contributed by atoms with E-state index in [2.05, 4.69) is 0 Å². The molecule has 0 spiro atoms. The Morgan fingerprint density at radius 1 is 1.28 bits per heavy atom. The van der Waals surface area contributed by atoms with E-state index >= 15 is 0 Å². The predicted molar refractivity (Wildman–Crippen MR) is 70.6 cm³/mol. The summed E-state index contributed by atoms with van der Waals surface area (Å²) in [5.74, 6) is -0.444. The van der Waals surface area contributed by atoms with Gasteiger partial charge in [-0.25, -0.2) is 0 Å². The van der Waals surface area contributed by atoms with E-state index in [9.17, 15) is 9.59 Å². The highest BCUT2D eigenvalue weighted by Gasteiger charge is 2.22. The molecule has 92 valence electrons. The summed E-state index contributed by atoms with van der Waals surface area (Å²) in [6.07, 6.45) is 5.78. The first kappa shape index (κ1) is 12.3. The lowest BCUT2D eigenvalue weighted by Gasteiger charge is -2.21. The van der Waals surface area contributed by atoms with Crippen LogP contribution in [0.4, 0.5) is 0 Å². The van der Waals surface area contributed by atoms with Crippen molar-refractivity contribution in [2.24, 2.45) is 0 Å². The lowest BCUT2D eigenvalue weighted by atomic mass is 10.1. The van der Waals surface area contributed by atoms with Gasteiger partial charge in [-0.05, 0) is 31.1 Å². The van der Waals surface area contributed by atoms with Crippen LogP contribution >= 0.6 is 0 Å². The molecule has 1 aliphatic heterocycles. The van der Waals surface area contributed by atoms with Crippen LogP contribution < -0.4 is 0 Å². The van der Waals surface area contributed by atoms with Crippen LogP contribution in [-0.2, 0) is 9.59 Å². The number of amides is 2. The number of imide groups is 1. The minimum atomic E-state index is -0.230. The number of carbonyl (C=O) groups excluding carboxylic acids is 2. The van der Waals surface area contributed by atoms with Gasteiger partial charge < -0.3 is 0 Å². The Morgan fingerprint density at radius 2 is 2.00 bits per heavy atom. The average Bonchev–Trinajstić information content (AvgIpc) is 2.39. The maximum Gasteiger partial charge on any atom is 0.256 e. The minimum Gasteiger partial charge on any atom is -0.275 e. The van der Waals surface area contributed by atoms with Crippen molar-refractivity contribution in [3.63, 3.8) is 0 Å². The molecule has 18 heavy (non-hydrogen) atoms. The maximum absolute atomic E-state index is 12.1. The predicted octanol–water partition coefficient (Wildman–Crippen LogP) is 2.41. The summed E-state index contributed by atoms with van der Waals surface area (Å²) < 4.78 is 0. The fraction of sp³-hybridized carbons (Fsp3) is 0.200. The van der Waals surface area contributed by atoms with Gasteiger partial charge in [-0.3, -0.25) is 14.5 Å². The van der Waals surface area contributed by atoms with E-state index in [4.69, 9.17) is 0 Å². The zero-order valence-electron chi connectivity index (χ0n) is 10.3. The van der Waals surface area contributed by atoms with Crippen LogP contribution in [0.3, 0.4) is 0 Å². The molecule has 0 aromatic heterocycles. The first-order valence-electron chi connectivity index (χ1n) is 5.94. The van der Waals surface area contributed by atoms with E-state index in [1.165, 1.54) is 11.0 Å². The molecule has 0 radical (unpaired) electrons. The van der Waals surface area contributed by atoms with Gasteiger partial charge in [0.05, 0.1) is 0 Å². The third-order valence-corrected chi connectivity index (χ3v) is 2.81. The SMILES string of the molecule is C/C(=C\c1ccccc1)C(=O)N1CCC=CC1=O. The zero-order chi connectivity index (χ0) is 13.0. The van der Waals surface area contributed by atoms with Crippen molar-refractivity contribution in [2.75, 3.05) is 6.54 Å². The molecular formula is C15H15NO2. The number of rotatable bonds is 2. The molecule has 1 aromatic carbocycles. The van der Waals surface area contributed by atoms with Gasteiger partial charge in [0, 0.05) is 12.1 Å². The molecule has 3 heteroatoms. The highest BCUT2D eigenvalue weighted by Crippen LogP contribution is 2.12. The molecule has 0 aliphatic carbocycles. The van der Waals surface area contributed by atoms with Crippen molar-refractivity contribution in [3.05, 3.63) is 53.6 Å². The quantitative estimate of drug-likeness (QED) is 0.746. The van der Waals surface area contributed by atoms with Gasteiger partial charge in [0.15, 0.2) is 0 Å². The summed E-state index contributed by atoms with van der Waals surface area (Å²) >= 11 is 0. The third-order valence-electron chi connectivity index (χ3n) is 2.81. The van der Waals surface area contributed by atoms with Gasteiger partial charge in [0.25, 0.3) is 11.8 Å². The lowest BCUT2D eigenvalue weighted by molar-refractivity contribution is -0.139. The highest BCUT2D eigenvalue weighted by atomic mass is 16.2. The molecule has 1 aliphatic rings. The monoisotopic (exact) mass is 241 g/mol. The summed E-state index contributed by atoms with van der Waals surface area (Å²) in [6.45, 7) is 2.20. The maximum atomic E-state index is 12.1. The van der Waals surface area contributed by atoms with E-state index < -0.39 is 0 Å².